The van der Waals surface area contributed by atoms with Crippen LogP contribution in [0, 0.1) is 0 Å². The van der Waals surface area contributed by atoms with Crippen molar-refractivity contribution in [1.29, 1.82) is 0 Å². The maximum atomic E-state index is 11.8. The molecule has 1 aromatic carbocycles. The van der Waals surface area contributed by atoms with Crippen LogP contribution >= 0.6 is 0 Å². The molecule has 2 N–H and O–H groups in total. The molecule has 6 nitrogen and oxygen atoms in total. The second kappa shape index (κ2) is 5.26. The summed E-state index contributed by atoms with van der Waals surface area (Å²) in [6.07, 6.45) is 0.472. The standard InChI is InChI=1S/C10H13NO5S/c1-3-7-4-5-8(10(12)13)6-9(7)17(14,15)11-16-2/h4-6,11H,3H2,1-2H3,(H,12,13). The Balaban J connectivity index is 3.38. The maximum Gasteiger partial charge on any atom is 0.335 e. The summed E-state index contributed by atoms with van der Waals surface area (Å²) in [5.74, 6) is -1.18. The lowest BCUT2D eigenvalue weighted by molar-refractivity contribution is 0.0696. The van der Waals surface area contributed by atoms with Crippen LogP contribution in [-0.2, 0) is 21.3 Å². The molecule has 1 aromatic rings. The Labute approximate surface area is 99.2 Å². The summed E-state index contributed by atoms with van der Waals surface area (Å²) >= 11 is 0. The average molecular weight is 259 g/mol. The van der Waals surface area contributed by atoms with Gasteiger partial charge in [-0.3, -0.25) is 4.84 Å². The van der Waals surface area contributed by atoms with Gasteiger partial charge >= 0.3 is 5.97 Å². The monoisotopic (exact) mass is 259 g/mol. The van der Waals surface area contributed by atoms with Crippen LogP contribution in [0.2, 0.25) is 0 Å². The highest BCUT2D eigenvalue weighted by atomic mass is 32.2. The number of hydrogen-bond acceptors (Lipinski definition) is 4. The number of aryl methyl sites for hydroxylation is 1. The number of carboxylic acids is 1. The molecule has 1 rings (SSSR count). The molecule has 0 aromatic heterocycles. The minimum Gasteiger partial charge on any atom is -0.478 e. The van der Waals surface area contributed by atoms with Gasteiger partial charge < -0.3 is 5.11 Å². The topological polar surface area (TPSA) is 92.7 Å². The average Bonchev–Trinajstić information content (AvgIpc) is 2.28. The molecule has 0 aliphatic rings. The van der Waals surface area contributed by atoms with Crippen LogP contribution in [0.15, 0.2) is 23.1 Å². The molecule has 0 heterocycles. The molecule has 0 bridgehead atoms. The molecule has 0 amide bonds. The first-order chi connectivity index (χ1) is 7.92. The van der Waals surface area contributed by atoms with E-state index < -0.39 is 16.0 Å². The Hall–Kier alpha value is -1.44. The van der Waals surface area contributed by atoms with Crippen LogP contribution in [0.5, 0.6) is 0 Å². The number of sulfonamides is 1. The van der Waals surface area contributed by atoms with Gasteiger partial charge in [0.2, 0.25) is 0 Å². The summed E-state index contributed by atoms with van der Waals surface area (Å²) in [4.78, 5) is 16.9. The Bertz CT molecular complexity index is 523. The van der Waals surface area contributed by atoms with Crippen molar-refractivity contribution in [2.75, 3.05) is 7.11 Å². The Kier molecular flexibility index (Phi) is 4.22. The Morgan fingerprint density at radius 1 is 1.47 bits per heavy atom. The molecule has 0 saturated carbocycles. The van der Waals surface area contributed by atoms with Crippen LogP contribution in [0.3, 0.4) is 0 Å². The van der Waals surface area contributed by atoms with Crippen molar-refractivity contribution < 1.29 is 23.2 Å². The van der Waals surface area contributed by atoms with E-state index in [2.05, 4.69) is 4.84 Å². The molecule has 0 radical (unpaired) electrons. The van der Waals surface area contributed by atoms with Crippen LogP contribution in [0.25, 0.3) is 0 Å². The minimum atomic E-state index is -3.84. The number of rotatable bonds is 5. The molecule has 0 spiro atoms. The zero-order valence-electron chi connectivity index (χ0n) is 9.43. The summed E-state index contributed by atoms with van der Waals surface area (Å²) in [7, 11) is -2.67. The maximum absolute atomic E-state index is 11.8. The molecule has 94 valence electrons. The van der Waals surface area contributed by atoms with Crippen molar-refractivity contribution in [1.82, 2.24) is 4.89 Å². The Morgan fingerprint density at radius 3 is 2.59 bits per heavy atom. The van der Waals surface area contributed by atoms with Crippen molar-refractivity contribution in [2.45, 2.75) is 18.2 Å². The van der Waals surface area contributed by atoms with E-state index in [4.69, 9.17) is 5.11 Å². The summed E-state index contributed by atoms with van der Waals surface area (Å²) < 4.78 is 23.5. The highest BCUT2D eigenvalue weighted by Crippen LogP contribution is 2.18. The summed E-state index contributed by atoms with van der Waals surface area (Å²) in [5, 5.41) is 8.82. The smallest absolute Gasteiger partial charge is 0.335 e. The van der Waals surface area contributed by atoms with Gasteiger partial charge in [0.25, 0.3) is 10.0 Å². The van der Waals surface area contributed by atoms with Crippen LogP contribution in [0.1, 0.15) is 22.8 Å². The van der Waals surface area contributed by atoms with E-state index in [0.717, 1.165) is 6.07 Å². The molecule has 0 saturated heterocycles. The molecule has 0 fully saturated rings. The SMILES string of the molecule is CCc1ccc(C(=O)O)cc1S(=O)(=O)NOC. The zero-order chi connectivity index (χ0) is 13.1. The Morgan fingerprint density at radius 2 is 2.12 bits per heavy atom. The van der Waals surface area contributed by atoms with E-state index in [1.54, 1.807) is 6.92 Å². The highest BCUT2D eigenvalue weighted by Gasteiger charge is 2.19. The van der Waals surface area contributed by atoms with Gasteiger partial charge in [-0.05, 0) is 24.1 Å². The fourth-order valence-corrected chi connectivity index (χ4v) is 2.53. The minimum absolute atomic E-state index is 0.0817. The second-order valence-corrected chi connectivity index (χ2v) is 4.89. The normalized spacial score (nSPS) is 11.4. The van der Waals surface area contributed by atoms with E-state index in [1.807, 2.05) is 4.89 Å². The molecule has 0 aliphatic heterocycles. The van der Waals surface area contributed by atoms with Crippen LogP contribution < -0.4 is 4.89 Å². The first-order valence-corrected chi connectivity index (χ1v) is 6.31. The fourth-order valence-electron chi connectivity index (χ4n) is 1.38. The van der Waals surface area contributed by atoms with Crippen molar-refractivity contribution in [2.24, 2.45) is 0 Å². The van der Waals surface area contributed by atoms with Gasteiger partial charge in [-0.2, -0.15) is 0 Å². The van der Waals surface area contributed by atoms with Gasteiger partial charge in [0.05, 0.1) is 17.6 Å². The predicted octanol–water partition coefficient (Wildman–Crippen LogP) is 0.787. The summed E-state index contributed by atoms with van der Waals surface area (Å²) in [6, 6.07) is 3.96. The van der Waals surface area contributed by atoms with Gasteiger partial charge in [0.1, 0.15) is 0 Å². The number of nitrogens with one attached hydrogen (secondary N) is 1. The van der Waals surface area contributed by atoms with Crippen LogP contribution in [-0.4, -0.2) is 26.6 Å². The quantitative estimate of drug-likeness (QED) is 0.762. The molecule has 0 atom stereocenters. The van der Waals surface area contributed by atoms with Gasteiger partial charge in [0.15, 0.2) is 0 Å². The number of carboxylic acid groups (broad SMARTS) is 1. The first kappa shape index (κ1) is 13.6. The molecule has 0 unspecified atom stereocenters. The predicted molar refractivity (Wildman–Crippen MR) is 60.1 cm³/mol. The van der Waals surface area contributed by atoms with Crippen molar-refractivity contribution in [3.63, 3.8) is 0 Å². The zero-order valence-corrected chi connectivity index (χ0v) is 10.2. The van der Waals surface area contributed by atoms with Crippen molar-refractivity contribution in [3.05, 3.63) is 29.3 Å². The number of aromatic carboxylic acids is 1. The second-order valence-electron chi connectivity index (χ2n) is 3.27. The highest BCUT2D eigenvalue weighted by molar-refractivity contribution is 7.89. The number of benzene rings is 1. The first-order valence-electron chi connectivity index (χ1n) is 4.83. The third-order valence-corrected chi connectivity index (χ3v) is 3.52. The number of carbonyl (C=O) groups is 1. The number of hydrogen-bond donors (Lipinski definition) is 2. The summed E-state index contributed by atoms with van der Waals surface area (Å²) in [5.41, 5.74) is 0.443. The van der Waals surface area contributed by atoms with Gasteiger partial charge in [-0.1, -0.05) is 17.9 Å². The lowest BCUT2D eigenvalue weighted by Gasteiger charge is -2.09. The van der Waals surface area contributed by atoms with Crippen molar-refractivity contribution >= 4 is 16.0 Å². The summed E-state index contributed by atoms with van der Waals surface area (Å²) in [6.45, 7) is 1.78. The van der Waals surface area contributed by atoms with E-state index in [-0.39, 0.29) is 10.5 Å². The van der Waals surface area contributed by atoms with Crippen LogP contribution in [0.4, 0.5) is 0 Å². The largest absolute Gasteiger partial charge is 0.478 e. The molecule has 17 heavy (non-hydrogen) atoms. The molecule has 7 heteroatoms. The van der Waals surface area contributed by atoms with E-state index in [1.165, 1.54) is 19.2 Å². The molecule has 0 aliphatic carbocycles. The van der Waals surface area contributed by atoms with Gasteiger partial charge in [-0.25, -0.2) is 13.2 Å². The lowest BCUT2D eigenvalue weighted by atomic mass is 10.1. The fraction of sp³-hybridized carbons (Fsp3) is 0.300. The van der Waals surface area contributed by atoms with E-state index >= 15 is 0 Å². The third kappa shape index (κ3) is 3.02. The van der Waals surface area contributed by atoms with Gasteiger partial charge in [0, 0.05) is 0 Å². The van der Waals surface area contributed by atoms with E-state index in [9.17, 15) is 13.2 Å². The van der Waals surface area contributed by atoms with E-state index in [0.29, 0.717) is 12.0 Å². The van der Waals surface area contributed by atoms with Gasteiger partial charge in [-0.15, -0.1) is 0 Å². The molecular formula is C10H13NO5S. The molecular weight excluding hydrogens is 246 g/mol. The third-order valence-electron chi connectivity index (χ3n) is 2.18. The van der Waals surface area contributed by atoms with Crippen molar-refractivity contribution in [3.8, 4) is 0 Å². The lowest BCUT2D eigenvalue weighted by Crippen LogP contribution is -2.23.